The number of nitrogens with zero attached hydrogens (tertiary/aromatic N) is 2. The van der Waals surface area contributed by atoms with Crippen LogP contribution in [0.25, 0.3) is 0 Å². The Balaban J connectivity index is 1.99. The molecule has 0 spiro atoms. The summed E-state index contributed by atoms with van der Waals surface area (Å²) in [6.07, 6.45) is 3.49. The predicted molar refractivity (Wildman–Crippen MR) is 72.1 cm³/mol. The third-order valence-electron chi connectivity index (χ3n) is 2.89. The molecule has 0 radical (unpaired) electrons. The zero-order valence-corrected chi connectivity index (χ0v) is 11.7. The first-order valence-electron chi connectivity index (χ1n) is 6.14. The molecule has 5 nitrogen and oxygen atoms in total. The molecule has 19 heavy (non-hydrogen) atoms. The summed E-state index contributed by atoms with van der Waals surface area (Å²) < 4.78 is 0. The molecule has 0 bridgehead atoms. The summed E-state index contributed by atoms with van der Waals surface area (Å²) in [6.45, 7) is 1.83. The molecule has 1 fully saturated rings. The van der Waals surface area contributed by atoms with E-state index in [4.69, 9.17) is 11.6 Å². The molecule has 1 aliphatic carbocycles. The number of amides is 2. The minimum Gasteiger partial charge on any atom is -0.352 e. The summed E-state index contributed by atoms with van der Waals surface area (Å²) in [5, 5.41) is 3.19. The molecule has 2 amide bonds. The number of nitrogens with one attached hydrogen (secondary N) is 1. The fraction of sp³-hybridized carbons (Fsp3) is 0.462. The Morgan fingerprint density at radius 3 is 2.79 bits per heavy atom. The lowest BCUT2D eigenvalue weighted by molar-refractivity contribution is -0.121. The van der Waals surface area contributed by atoms with Gasteiger partial charge in [0.1, 0.15) is 0 Å². The Morgan fingerprint density at radius 2 is 2.21 bits per heavy atom. The number of halogens is 1. The van der Waals surface area contributed by atoms with Crippen molar-refractivity contribution in [2.75, 3.05) is 13.6 Å². The van der Waals surface area contributed by atoms with E-state index in [1.165, 1.54) is 11.1 Å². The highest BCUT2D eigenvalue weighted by molar-refractivity contribution is 6.33. The van der Waals surface area contributed by atoms with Gasteiger partial charge in [0.25, 0.3) is 5.91 Å². The lowest BCUT2D eigenvalue weighted by atomic mass is 10.2. The molecule has 1 aliphatic rings. The van der Waals surface area contributed by atoms with E-state index in [1.807, 2.05) is 0 Å². The Labute approximate surface area is 117 Å². The number of aryl methyl sites for hydroxylation is 1. The molecule has 0 atom stereocenters. The SMILES string of the molecule is Cc1cc(Cl)c(C(=O)N(C)CC(=O)NC2CC2)cn1. The van der Waals surface area contributed by atoms with Crippen LogP contribution in [-0.4, -0.2) is 41.3 Å². The lowest BCUT2D eigenvalue weighted by Crippen LogP contribution is -2.39. The van der Waals surface area contributed by atoms with Gasteiger partial charge in [-0.05, 0) is 25.8 Å². The molecule has 0 aromatic carbocycles. The number of hydrogen-bond donors (Lipinski definition) is 1. The molecule has 1 heterocycles. The van der Waals surface area contributed by atoms with Crippen LogP contribution in [0.1, 0.15) is 28.9 Å². The van der Waals surface area contributed by atoms with Gasteiger partial charge in [0.2, 0.25) is 5.91 Å². The molecule has 0 saturated heterocycles. The standard InChI is InChI=1S/C13H16ClN3O2/c1-8-5-11(14)10(6-15-8)13(19)17(2)7-12(18)16-9-3-4-9/h5-6,9H,3-4,7H2,1-2H3,(H,16,18). The maximum Gasteiger partial charge on any atom is 0.257 e. The molecule has 0 unspecified atom stereocenters. The topological polar surface area (TPSA) is 62.3 Å². The van der Waals surface area contributed by atoms with E-state index in [0.717, 1.165) is 18.5 Å². The van der Waals surface area contributed by atoms with Crippen LogP contribution in [0.5, 0.6) is 0 Å². The minimum absolute atomic E-state index is 0.0273. The number of aromatic nitrogens is 1. The Hall–Kier alpha value is -1.62. The van der Waals surface area contributed by atoms with Gasteiger partial charge < -0.3 is 10.2 Å². The van der Waals surface area contributed by atoms with Crippen LogP contribution in [0.15, 0.2) is 12.3 Å². The number of hydrogen-bond acceptors (Lipinski definition) is 3. The monoisotopic (exact) mass is 281 g/mol. The summed E-state index contributed by atoms with van der Waals surface area (Å²) >= 11 is 6.01. The first kappa shape index (κ1) is 13.8. The van der Waals surface area contributed by atoms with Crippen LogP contribution < -0.4 is 5.32 Å². The lowest BCUT2D eigenvalue weighted by Gasteiger charge is -2.17. The molecule has 1 aromatic heterocycles. The highest BCUT2D eigenvalue weighted by Crippen LogP contribution is 2.19. The maximum absolute atomic E-state index is 12.1. The molecular weight excluding hydrogens is 266 g/mol. The fourth-order valence-corrected chi connectivity index (χ4v) is 1.97. The summed E-state index contributed by atoms with van der Waals surface area (Å²) in [5.74, 6) is -0.446. The minimum atomic E-state index is -0.302. The van der Waals surface area contributed by atoms with Crippen molar-refractivity contribution >= 4 is 23.4 Å². The number of pyridine rings is 1. The molecule has 1 saturated carbocycles. The number of rotatable bonds is 4. The van der Waals surface area contributed by atoms with Gasteiger partial charge in [-0.2, -0.15) is 0 Å². The highest BCUT2D eigenvalue weighted by Gasteiger charge is 2.25. The Morgan fingerprint density at radius 1 is 1.53 bits per heavy atom. The van der Waals surface area contributed by atoms with E-state index in [1.54, 1.807) is 20.0 Å². The molecule has 2 rings (SSSR count). The predicted octanol–water partition coefficient (Wildman–Crippen LogP) is 1.39. The second-order valence-electron chi connectivity index (χ2n) is 4.81. The van der Waals surface area contributed by atoms with E-state index in [0.29, 0.717) is 16.6 Å². The van der Waals surface area contributed by atoms with Gasteiger partial charge in [0.15, 0.2) is 0 Å². The van der Waals surface area contributed by atoms with Crippen LogP contribution in [0, 0.1) is 6.92 Å². The van der Waals surface area contributed by atoms with Gasteiger partial charge in [-0.3, -0.25) is 14.6 Å². The van der Waals surface area contributed by atoms with Crippen molar-refractivity contribution in [3.8, 4) is 0 Å². The van der Waals surface area contributed by atoms with E-state index in [-0.39, 0.29) is 18.4 Å². The molecule has 1 aromatic rings. The molecule has 6 heteroatoms. The van der Waals surface area contributed by atoms with Crippen molar-refractivity contribution in [1.82, 2.24) is 15.2 Å². The maximum atomic E-state index is 12.1. The van der Waals surface area contributed by atoms with Crippen LogP contribution in [0.3, 0.4) is 0 Å². The quantitative estimate of drug-likeness (QED) is 0.907. The largest absolute Gasteiger partial charge is 0.352 e. The van der Waals surface area contributed by atoms with Gasteiger partial charge in [-0.1, -0.05) is 11.6 Å². The van der Waals surface area contributed by atoms with Crippen molar-refractivity contribution in [2.45, 2.75) is 25.8 Å². The Kier molecular flexibility index (Phi) is 4.04. The average Bonchev–Trinajstić information content (AvgIpc) is 3.11. The molecule has 1 N–H and O–H groups in total. The third kappa shape index (κ3) is 3.67. The van der Waals surface area contributed by atoms with Crippen molar-refractivity contribution in [1.29, 1.82) is 0 Å². The number of likely N-dealkylation sites (N-methyl/N-ethyl adjacent to an activating group) is 1. The second-order valence-corrected chi connectivity index (χ2v) is 5.22. The Bertz CT molecular complexity index is 515. The van der Waals surface area contributed by atoms with E-state index >= 15 is 0 Å². The summed E-state index contributed by atoms with van der Waals surface area (Å²) in [5.41, 5.74) is 1.06. The second kappa shape index (κ2) is 5.57. The molecule has 102 valence electrons. The zero-order chi connectivity index (χ0) is 14.0. The number of carbonyl (C=O) groups is 2. The van der Waals surface area contributed by atoms with Crippen LogP contribution in [0.2, 0.25) is 5.02 Å². The molecular formula is C13H16ClN3O2. The van der Waals surface area contributed by atoms with Crippen molar-refractivity contribution in [3.63, 3.8) is 0 Å². The highest BCUT2D eigenvalue weighted by atomic mass is 35.5. The number of carbonyl (C=O) groups excluding carboxylic acids is 2. The fourth-order valence-electron chi connectivity index (χ4n) is 1.68. The van der Waals surface area contributed by atoms with E-state index in [9.17, 15) is 9.59 Å². The van der Waals surface area contributed by atoms with Crippen LogP contribution in [0.4, 0.5) is 0 Å². The van der Waals surface area contributed by atoms with Crippen molar-refractivity contribution in [3.05, 3.63) is 28.5 Å². The zero-order valence-electron chi connectivity index (χ0n) is 10.9. The van der Waals surface area contributed by atoms with Gasteiger partial charge in [-0.25, -0.2) is 0 Å². The van der Waals surface area contributed by atoms with Crippen LogP contribution >= 0.6 is 11.6 Å². The van der Waals surface area contributed by atoms with Crippen molar-refractivity contribution in [2.24, 2.45) is 0 Å². The van der Waals surface area contributed by atoms with E-state index in [2.05, 4.69) is 10.3 Å². The third-order valence-corrected chi connectivity index (χ3v) is 3.20. The van der Waals surface area contributed by atoms with Gasteiger partial charge in [0, 0.05) is 25.0 Å². The summed E-state index contributed by atoms with van der Waals surface area (Å²) in [4.78, 5) is 29.2. The van der Waals surface area contributed by atoms with E-state index < -0.39 is 0 Å². The van der Waals surface area contributed by atoms with Gasteiger partial charge >= 0.3 is 0 Å². The first-order valence-corrected chi connectivity index (χ1v) is 6.52. The van der Waals surface area contributed by atoms with Crippen molar-refractivity contribution < 1.29 is 9.59 Å². The summed E-state index contributed by atoms with van der Waals surface area (Å²) in [6, 6.07) is 1.92. The normalized spacial score (nSPS) is 14.1. The molecule has 0 aliphatic heterocycles. The van der Waals surface area contributed by atoms with Crippen LogP contribution in [-0.2, 0) is 4.79 Å². The van der Waals surface area contributed by atoms with Gasteiger partial charge in [0.05, 0.1) is 17.1 Å². The average molecular weight is 282 g/mol. The van der Waals surface area contributed by atoms with Gasteiger partial charge in [-0.15, -0.1) is 0 Å². The summed E-state index contributed by atoms with van der Waals surface area (Å²) in [7, 11) is 1.57. The first-order chi connectivity index (χ1) is 8.97. The smallest absolute Gasteiger partial charge is 0.257 e.